The summed E-state index contributed by atoms with van der Waals surface area (Å²) in [4.78, 5) is 27.1. The first-order valence-corrected chi connectivity index (χ1v) is 10.7. The van der Waals surface area contributed by atoms with Crippen molar-refractivity contribution < 1.29 is 9.59 Å². The number of hydrogen-bond acceptors (Lipinski definition) is 4. The molecule has 6 heteroatoms. The third-order valence-corrected chi connectivity index (χ3v) is 5.10. The van der Waals surface area contributed by atoms with E-state index in [1.54, 1.807) is 42.6 Å². The van der Waals surface area contributed by atoms with Gasteiger partial charge in [0.1, 0.15) is 0 Å². The zero-order chi connectivity index (χ0) is 22.9. The summed E-state index contributed by atoms with van der Waals surface area (Å²) in [5.74, 6) is -0.582. The summed E-state index contributed by atoms with van der Waals surface area (Å²) in [7, 11) is 0. The highest BCUT2D eigenvalue weighted by Crippen LogP contribution is 2.15. The summed E-state index contributed by atoms with van der Waals surface area (Å²) in [6, 6.07) is 22.1. The highest BCUT2D eigenvalue weighted by molar-refractivity contribution is 6.05. The van der Waals surface area contributed by atoms with Crippen LogP contribution in [0, 0.1) is 6.92 Å². The van der Waals surface area contributed by atoms with Crippen molar-refractivity contribution in [1.29, 1.82) is 0 Å². The molecule has 0 radical (unpaired) electrons. The van der Waals surface area contributed by atoms with E-state index < -0.39 is 0 Å². The number of hydrogen-bond donors (Lipinski definition) is 2. The fourth-order valence-electron chi connectivity index (χ4n) is 3.24. The molecule has 2 amide bonds. The maximum Gasteiger partial charge on any atom is 0.271 e. The van der Waals surface area contributed by atoms with Gasteiger partial charge in [0.2, 0.25) is 0 Å². The van der Waals surface area contributed by atoms with Gasteiger partial charge in [0.05, 0.1) is 6.21 Å². The van der Waals surface area contributed by atoms with Crippen molar-refractivity contribution in [3.63, 3.8) is 0 Å². The Kier molecular flexibility index (Phi) is 7.75. The first-order valence-electron chi connectivity index (χ1n) is 10.7. The molecule has 6 nitrogen and oxygen atoms in total. The van der Waals surface area contributed by atoms with Gasteiger partial charge in [-0.3, -0.25) is 9.59 Å². The van der Waals surface area contributed by atoms with Gasteiger partial charge in [0, 0.05) is 35.6 Å². The number of aryl methyl sites for hydroxylation is 1. The molecule has 0 spiro atoms. The van der Waals surface area contributed by atoms with Gasteiger partial charge in [-0.2, -0.15) is 5.10 Å². The molecule has 0 aliphatic heterocycles. The van der Waals surface area contributed by atoms with Gasteiger partial charge >= 0.3 is 0 Å². The van der Waals surface area contributed by atoms with Gasteiger partial charge in [-0.15, -0.1) is 0 Å². The van der Waals surface area contributed by atoms with Crippen LogP contribution in [0.25, 0.3) is 0 Å². The van der Waals surface area contributed by atoms with Crippen molar-refractivity contribution >= 4 is 29.4 Å². The molecule has 3 aromatic rings. The maximum atomic E-state index is 12.5. The zero-order valence-corrected chi connectivity index (χ0v) is 18.6. The van der Waals surface area contributed by atoms with Gasteiger partial charge < -0.3 is 10.2 Å². The number of nitrogens with zero attached hydrogens (tertiary/aromatic N) is 2. The quantitative estimate of drug-likeness (QED) is 0.398. The lowest BCUT2D eigenvalue weighted by atomic mass is 10.1. The number of anilines is 2. The Hall–Kier alpha value is -3.93. The van der Waals surface area contributed by atoms with Crippen molar-refractivity contribution in [1.82, 2.24) is 5.43 Å². The lowest BCUT2D eigenvalue weighted by Gasteiger charge is -2.20. The summed E-state index contributed by atoms with van der Waals surface area (Å²) < 4.78 is 0. The predicted molar refractivity (Wildman–Crippen MR) is 131 cm³/mol. The molecule has 164 valence electrons. The van der Waals surface area contributed by atoms with E-state index in [2.05, 4.69) is 34.6 Å². The molecule has 0 atom stereocenters. The summed E-state index contributed by atoms with van der Waals surface area (Å²) in [6.45, 7) is 8.11. The van der Waals surface area contributed by atoms with E-state index in [0.29, 0.717) is 16.8 Å². The van der Waals surface area contributed by atoms with E-state index in [-0.39, 0.29) is 11.8 Å². The minimum Gasteiger partial charge on any atom is -0.372 e. The number of carbonyl (C=O) groups excluding carboxylic acids is 2. The van der Waals surface area contributed by atoms with Crippen molar-refractivity contribution in [2.24, 2.45) is 5.10 Å². The minimum absolute atomic E-state index is 0.228. The monoisotopic (exact) mass is 428 g/mol. The van der Waals surface area contributed by atoms with Crippen LogP contribution in [-0.4, -0.2) is 31.1 Å². The predicted octanol–water partition coefficient (Wildman–Crippen LogP) is 4.86. The summed E-state index contributed by atoms with van der Waals surface area (Å²) in [6.07, 6.45) is 1.60. The molecule has 2 N–H and O–H groups in total. The Morgan fingerprint density at radius 1 is 0.875 bits per heavy atom. The summed E-state index contributed by atoms with van der Waals surface area (Å²) >= 11 is 0. The third-order valence-electron chi connectivity index (χ3n) is 5.10. The van der Waals surface area contributed by atoms with E-state index in [1.807, 2.05) is 43.3 Å². The van der Waals surface area contributed by atoms with E-state index in [0.717, 1.165) is 29.9 Å². The highest BCUT2D eigenvalue weighted by Gasteiger charge is 2.09. The molecule has 32 heavy (non-hydrogen) atoms. The summed E-state index contributed by atoms with van der Waals surface area (Å²) in [5, 5.41) is 6.87. The molecule has 0 aromatic heterocycles. The van der Waals surface area contributed by atoms with E-state index in [9.17, 15) is 9.59 Å². The number of carbonyl (C=O) groups is 2. The SMILES string of the molecule is CCN(CC)c1ccc(/C=N\NC(=O)c2cccc(NC(=O)c3ccc(C)cc3)c2)cc1. The molecule has 0 heterocycles. The van der Waals surface area contributed by atoms with Crippen LogP contribution in [0.15, 0.2) is 77.9 Å². The standard InChI is InChI=1S/C26H28N4O2/c1-4-30(5-2)24-15-11-20(12-16-24)18-27-29-26(32)22-7-6-8-23(17-22)28-25(31)21-13-9-19(3)10-14-21/h6-18H,4-5H2,1-3H3,(H,28,31)(H,29,32)/b27-18-. The van der Waals surface area contributed by atoms with Crippen LogP contribution in [0.2, 0.25) is 0 Å². The highest BCUT2D eigenvalue weighted by atomic mass is 16.2. The van der Waals surface area contributed by atoms with E-state index in [1.165, 1.54) is 0 Å². The van der Waals surface area contributed by atoms with Crippen LogP contribution >= 0.6 is 0 Å². The largest absolute Gasteiger partial charge is 0.372 e. The number of rotatable bonds is 8. The van der Waals surface area contributed by atoms with Gasteiger partial charge in [0.25, 0.3) is 11.8 Å². The molecular weight excluding hydrogens is 400 g/mol. The zero-order valence-electron chi connectivity index (χ0n) is 18.6. The third kappa shape index (κ3) is 6.04. The normalized spacial score (nSPS) is 10.7. The molecule has 0 saturated heterocycles. The summed E-state index contributed by atoms with van der Waals surface area (Å²) in [5.41, 5.74) is 7.16. The van der Waals surface area contributed by atoms with Gasteiger partial charge in [0.15, 0.2) is 0 Å². The fraction of sp³-hybridized carbons (Fsp3) is 0.192. The van der Waals surface area contributed by atoms with Crippen LogP contribution in [0.3, 0.4) is 0 Å². The molecule has 0 aliphatic carbocycles. The second-order valence-electron chi connectivity index (χ2n) is 7.36. The van der Waals surface area contributed by atoms with Crippen molar-refractivity contribution in [3.05, 3.63) is 95.1 Å². The van der Waals surface area contributed by atoms with Crippen LogP contribution in [0.1, 0.15) is 45.7 Å². The topological polar surface area (TPSA) is 73.8 Å². The minimum atomic E-state index is -0.354. The smallest absolute Gasteiger partial charge is 0.271 e. The molecular formula is C26H28N4O2. The van der Waals surface area contributed by atoms with E-state index >= 15 is 0 Å². The van der Waals surface area contributed by atoms with Crippen molar-refractivity contribution in [2.75, 3.05) is 23.3 Å². The molecule has 0 fully saturated rings. The molecule has 0 aliphatic rings. The fourth-order valence-corrected chi connectivity index (χ4v) is 3.24. The Morgan fingerprint density at radius 3 is 2.22 bits per heavy atom. The average Bonchev–Trinajstić information content (AvgIpc) is 2.81. The van der Waals surface area contributed by atoms with E-state index in [4.69, 9.17) is 0 Å². The van der Waals surface area contributed by atoms with Gasteiger partial charge in [-0.05, 0) is 68.8 Å². The first-order chi connectivity index (χ1) is 15.5. The molecule has 3 rings (SSSR count). The lowest BCUT2D eigenvalue weighted by molar-refractivity contribution is 0.0953. The van der Waals surface area contributed by atoms with Crippen LogP contribution in [0.5, 0.6) is 0 Å². The number of amides is 2. The second kappa shape index (κ2) is 10.9. The Labute approximate surface area is 189 Å². The Morgan fingerprint density at radius 2 is 1.56 bits per heavy atom. The molecule has 3 aromatic carbocycles. The van der Waals surface area contributed by atoms with Crippen LogP contribution in [-0.2, 0) is 0 Å². The molecule has 0 bridgehead atoms. The Balaban J connectivity index is 1.59. The first kappa shape index (κ1) is 22.7. The number of hydrazone groups is 1. The maximum absolute atomic E-state index is 12.5. The number of benzene rings is 3. The van der Waals surface area contributed by atoms with Crippen LogP contribution < -0.4 is 15.6 Å². The van der Waals surface area contributed by atoms with Gasteiger partial charge in [-0.1, -0.05) is 35.9 Å². The molecule has 0 saturated carbocycles. The second-order valence-corrected chi connectivity index (χ2v) is 7.36. The average molecular weight is 429 g/mol. The van der Waals surface area contributed by atoms with Gasteiger partial charge in [-0.25, -0.2) is 5.43 Å². The van der Waals surface area contributed by atoms with Crippen molar-refractivity contribution in [2.45, 2.75) is 20.8 Å². The number of nitrogens with one attached hydrogen (secondary N) is 2. The molecule has 0 unspecified atom stereocenters. The Bertz CT molecular complexity index is 1090. The lowest BCUT2D eigenvalue weighted by Crippen LogP contribution is -2.21. The van der Waals surface area contributed by atoms with Crippen LogP contribution in [0.4, 0.5) is 11.4 Å². The van der Waals surface area contributed by atoms with Crippen molar-refractivity contribution in [3.8, 4) is 0 Å².